The number of amides is 1. The second kappa shape index (κ2) is 7.48. The molecule has 0 unspecified atom stereocenters. The summed E-state index contributed by atoms with van der Waals surface area (Å²) >= 11 is 0. The first-order valence-corrected chi connectivity index (χ1v) is 8.95. The molecule has 1 aromatic carbocycles. The number of hydrogen-bond acceptors (Lipinski definition) is 5. The summed E-state index contributed by atoms with van der Waals surface area (Å²) in [6.45, 7) is 4.41. The van der Waals surface area contributed by atoms with Crippen LogP contribution in [0.2, 0.25) is 0 Å². The molecule has 0 spiro atoms. The standard InChI is InChI=1S/C21H19N5O2/c1-3-28-17-9-10-22-12-16(17)24-21(27)15-8-11-23-20-18(15)25-19(26-20)14-6-4-13(2)5-7-14/h4-12H,3H2,1-2H3,(H,24,27)(H,23,25,26). The first-order valence-electron chi connectivity index (χ1n) is 8.95. The van der Waals surface area contributed by atoms with Crippen molar-refractivity contribution in [2.24, 2.45) is 0 Å². The maximum Gasteiger partial charge on any atom is 0.258 e. The summed E-state index contributed by atoms with van der Waals surface area (Å²) in [6.07, 6.45) is 4.75. The predicted molar refractivity (Wildman–Crippen MR) is 107 cm³/mol. The van der Waals surface area contributed by atoms with Gasteiger partial charge in [0.25, 0.3) is 5.91 Å². The number of anilines is 1. The summed E-state index contributed by atoms with van der Waals surface area (Å²) in [5, 5.41) is 2.86. The Hall–Kier alpha value is -3.74. The zero-order valence-corrected chi connectivity index (χ0v) is 15.6. The molecule has 7 heteroatoms. The van der Waals surface area contributed by atoms with Crippen molar-refractivity contribution < 1.29 is 9.53 Å². The van der Waals surface area contributed by atoms with E-state index in [2.05, 4.69) is 25.3 Å². The number of nitrogens with one attached hydrogen (secondary N) is 2. The van der Waals surface area contributed by atoms with Crippen LogP contribution in [0.1, 0.15) is 22.8 Å². The van der Waals surface area contributed by atoms with Gasteiger partial charge in [0, 0.05) is 24.0 Å². The van der Waals surface area contributed by atoms with Crippen molar-refractivity contribution in [2.45, 2.75) is 13.8 Å². The summed E-state index contributed by atoms with van der Waals surface area (Å²) in [7, 11) is 0. The van der Waals surface area contributed by atoms with E-state index in [4.69, 9.17) is 4.74 Å². The van der Waals surface area contributed by atoms with E-state index < -0.39 is 0 Å². The van der Waals surface area contributed by atoms with Gasteiger partial charge in [-0.1, -0.05) is 29.8 Å². The van der Waals surface area contributed by atoms with Crippen LogP contribution in [0, 0.1) is 6.92 Å². The SMILES string of the molecule is CCOc1ccncc1NC(=O)c1ccnc2nc(-c3ccc(C)cc3)[nH]c12. The highest BCUT2D eigenvalue weighted by Gasteiger charge is 2.17. The summed E-state index contributed by atoms with van der Waals surface area (Å²) in [5.74, 6) is 0.945. The zero-order valence-electron chi connectivity index (χ0n) is 15.6. The van der Waals surface area contributed by atoms with E-state index in [1.54, 1.807) is 30.7 Å². The van der Waals surface area contributed by atoms with Gasteiger partial charge in [0.1, 0.15) is 17.3 Å². The van der Waals surface area contributed by atoms with Crippen molar-refractivity contribution in [1.29, 1.82) is 0 Å². The smallest absolute Gasteiger partial charge is 0.258 e. The molecule has 4 aromatic rings. The number of benzene rings is 1. The monoisotopic (exact) mass is 373 g/mol. The molecule has 0 bridgehead atoms. The number of imidazole rings is 1. The van der Waals surface area contributed by atoms with Crippen molar-refractivity contribution >= 4 is 22.8 Å². The lowest BCUT2D eigenvalue weighted by atomic mass is 10.1. The Bertz CT molecular complexity index is 1140. The van der Waals surface area contributed by atoms with Gasteiger partial charge < -0.3 is 15.0 Å². The van der Waals surface area contributed by atoms with E-state index in [0.29, 0.717) is 40.6 Å². The number of aryl methyl sites for hydroxylation is 1. The van der Waals surface area contributed by atoms with Gasteiger partial charge in [0.05, 0.1) is 23.9 Å². The molecule has 1 amide bonds. The van der Waals surface area contributed by atoms with Crippen LogP contribution in [-0.2, 0) is 0 Å². The van der Waals surface area contributed by atoms with Crippen LogP contribution in [0.25, 0.3) is 22.6 Å². The molecule has 4 rings (SSSR count). The summed E-state index contributed by atoms with van der Waals surface area (Å²) < 4.78 is 5.55. The molecule has 0 saturated carbocycles. The molecular formula is C21H19N5O2. The van der Waals surface area contributed by atoms with Gasteiger partial charge in [0.15, 0.2) is 5.65 Å². The number of aromatic nitrogens is 4. The highest BCUT2D eigenvalue weighted by Crippen LogP contribution is 2.25. The number of carbonyl (C=O) groups is 1. The largest absolute Gasteiger partial charge is 0.492 e. The Balaban J connectivity index is 1.69. The normalized spacial score (nSPS) is 10.8. The van der Waals surface area contributed by atoms with Gasteiger partial charge in [-0.2, -0.15) is 0 Å². The first-order chi connectivity index (χ1) is 13.7. The Kier molecular flexibility index (Phi) is 4.72. The van der Waals surface area contributed by atoms with Crippen LogP contribution >= 0.6 is 0 Å². The first kappa shape index (κ1) is 17.7. The van der Waals surface area contributed by atoms with Gasteiger partial charge in [-0.3, -0.25) is 9.78 Å². The summed E-state index contributed by atoms with van der Waals surface area (Å²) in [4.78, 5) is 29.0. The van der Waals surface area contributed by atoms with Gasteiger partial charge in [-0.15, -0.1) is 0 Å². The minimum atomic E-state index is -0.291. The Morgan fingerprint density at radius 3 is 2.75 bits per heavy atom. The lowest BCUT2D eigenvalue weighted by molar-refractivity contribution is 0.102. The van der Waals surface area contributed by atoms with Crippen molar-refractivity contribution in [2.75, 3.05) is 11.9 Å². The third kappa shape index (κ3) is 3.42. The Morgan fingerprint density at radius 1 is 1.14 bits per heavy atom. The van der Waals surface area contributed by atoms with Crippen molar-refractivity contribution in [3.63, 3.8) is 0 Å². The Labute approximate surface area is 161 Å². The van der Waals surface area contributed by atoms with Crippen molar-refractivity contribution in [1.82, 2.24) is 19.9 Å². The molecule has 0 fully saturated rings. The molecule has 0 atom stereocenters. The number of rotatable bonds is 5. The fraction of sp³-hybridized carbons (Fsp3) is 0.143. The molecule has 2 N–H and O–H groups in total. The third-order valence-corrected chi connectivity index (χ3v) is 4.29. The fourth-order valence-corrected chi connectivity index (χ4v) is 2.89. The van der Waals surface area contributed by atoms with Crippen LogP contribution in [0.3, 0.4) is 0 Å². The number of nitrogens with zero attached hydrogens (tertiary/aromatic N) is 3. The van der Waals surface area contributed by atoms with Crippen LogP contribution in [0.4, 0.5) is 5.69 Å². The number of pyridine rings is 2. The van der Waals surface area contributed by atoms with E-state index in [0.717, 1.165) is 5.56 Å². The molecule has 0 aliphatic rings. The van der Waals surface area contributed by atoms with E-state index >= 15 is 0 Å². The molecule has 0 aliphatic heterocycles. The van der Waals surface area contributed by atoms with Crippen molar-refractivity contribution in [3.05, 3.63) is 66.1 Å². The average Bonchev–Trinajstić information content (AvgIpc) is 3.14. The maximum atomic E-state index is 12.9. The molecule has 0 radical (unpaired) electrons. The van der Waals surface area contributed by atoms with Gasteiger partial charge in [-0.05, 0) is 19.9 Å². The van der Waals surface area contributed by atoms with Crippen LogP contribution < -0.4 is 10.1 Å². The fourth-order valence-electron chi connectivity index (χ4n) is 2.89. The molecule has 140 valence electrons. The minimum absolute atomic E-state index is 0.291. The molecule has 0 saturated heterocycles. The van der Waals surface area contributed by atoms with E-state index in [-0.39, 0.29) is 5.91 Å². The van der Waals surface area contributed by atoms with E-state index in [1.807, 2.05) is 38.1 Å². The molecular weight excluding hydrogens is 354 g/mol. The average molecular weight is 373 g/mol. The third-order valence-electron chi connectivity index (χ3n) is 4.29. The molecule has 3 aromatic heterocycles. The quantitative estimate of drug-likeness (QED) is 0.552. The summed E-state index contributed by atoms with van der Waals surface area (Å²) in [5.41, 5.74) is 4.12. The minimum Gasteiger partial charge on any atom is -0.492 e. The van der Waals surface area contributed by atoms with Crippen molar-refractivity contribution in [3.8, 4) is 17.1 Å². The lowest BCUT2D eigenvalue weighted by Crippen LogP contribution is -2.14. The second-order valence-electron chi connectivity index (χ2n) is 6.27. The topological polar surface area (TPSA) is 92.8 Å². The lowest BCUT2D eigenvalue weighted by Gasteiger charge is -2.10. The number of ether oxygens (including phenoxy) is 1. The van der Waals surface area contributed by atoms with E-state index in [9.17, 15) is 4.79 Å². The highest BCUT2D eigenvalue weighted by atomic mass is 16.5. The van der Waals surface area contributed by atoms with Crippen LogP contribution in [0.5, 0.6) is 5.75 Å². The van der Waals surface area contributed by atoms with E-state index in [1.165, 1.54) is 5.56 Å². The van der Waals surface area contributed by atoms with Crippen LogP contribution in [0.15, 0.2) is 55.0 Å². The van der Waals surface area contributed by atoms with Gasteiger partial charge in [-0.25, -0.2) is 9.97 Å². The van der Waals surface area contributed by atoms with Crippen LogP contribution in [-0.4, -0.2) is 32.4 Å². The molecule has 0 aliphatic carbocycles. The maximum absolute atomic E-state index is 12.9. The highest BCUT2D eigenvalue weighted by molar-refractivity contribution is 6.11. The predicted octanol–water partition coefficient (Wildman–Crippen LogP) is 3.98. The number of carbonyl (C=O) groups excluding carboxylic acids is 1. The number of H-pyrrole nitrogens is 1. The molecule has 7 nitrogen and oxygen atoms in total. The number of hydrogen-bond donors (Lipinski definition) is 2. The molecule has 28 heavy (non-hydrogen) atoms. The van der Waals surface area contributed by atoms with Gasteiger partial charge in [0.2, 0.25) is 0 Å². The zero-order chi connectivity index (χ0) is 19.5. The second-order valence-corrected chi connectivity index (χ2v) is 6.27. The van der Waals surface area contributed by atoms with Gasteiger partial charge >= 0.3 is 0 Å². The Morgan fingerprint density at radius 2 is 1.96 bits per heavy atom. The summed E-state index contributed by atoms with van der Waals surface area (Å²) in [6, 6.07) is 11.4. The number of fused-ring (bicyclic) bond motifs is 1. The molecule has 3 heterocycles. The number of aromatic amines is 1.